The SMILES string of the molecule is CC(C)(C)NCC(OC1COC1)c1ccc(Br)cc1. The minimum absolute atomic E-state index is 0.0706. The predicted molar refractivity (Wildman–Crippen MR) is 80.3 cm³/mol. The zero-order valence-electron chi connectivity index (χ0n) is 11.8. The first-order valence-corrected chi connectivity index (χ1v) is 7.47. The van der Waals surface area contributed by atoms with Gasteiger partial charge in [0.05, 0.1) is 19.3 Å². The summed E-state index contributed by atoms with van der Waals surface area (Å²) in [7, 11) is 0. The Morgan fingerprint density at radius 3 is 2.42 bits per heavy atom. The highest BCUT2D eigenvalue weighted by molar-refractivity contribution is 9.10. The van der Waals surface area contributed by atoms with Gasteiger partial charge in [-0.05, 0) is 38.5 Å². The second-order valence-electron chi connectivity index (χ2n) is 5.97. The van der Waals surface area contributed by atoms with Crippen LogP contribution in [0.25, 0.3) is 0 Å². The van der Waals surface area contributed by atoms with Crippen molar-refractivity contribution < 1.29 is 9.47 Å². The molecule has 0 aliphatic carbocycles. The van der Waals surface area contributed by atoms with E-state index >= 15 is 0 Å². The van der Waals surface area contributed by atoms with Crippen molar-refractivity contribution in [2.75, 3.05) is 19.8 Å². The molecule has 0 bridgehead atoms. The largest absolute Gasteiger partial charge is 0.376 e. The van der Waals surface area contributed by atoms with Crippen LogP contribution in [0, 0.1) is 0 Å². The summed E-state index contributed by atoms with van der Waals surface area (Å²) >= 11 is 3.46. The molecule has 1 fully saturated rings. The van der Waals surface area contributed by atoms with Gasteiger partial charge in [-0.2, -0.15) is 0 Å². The number of benzene rings is 1. The lowest BCUT2D eigenvalue weighted by Crippen LogP contribution is -2.42. The highest BCUT2D eigenvalue weighted by atomic mass is 79.9. The van der Waals surface area contributed by atoms with Gasteiger partial charge in [0.1, 0.15) is 6.10 Å². The molecule has 1 N–H and O–H groups in total. The maximum absolute atomic E-state index is 6.10. The third kappa shape index (κ3) is 4.88. The molecular formula is C15H22BrNO2. The first-order valence-electron chi connectivity index (χ1n) is 6.68. The summed E-state index contributed by atoms with van der Waals surface area (Å²) in [6.07, 6.45) is 0.302. The zero-order chi connectivity index (χ0) is 13.9. The zero-order valence-corrected chi connectivity index (χ0v) is 13.4. The lowest BCUT2D eigenvalue weighted by atomic mass is 10.1. The maximum atomic E-state index is 6.10. The van der Waals surface area contributed by atoms with Crippen LogP contribution in [0.2, 0.25) is 0 Å². The van der Waals surface area contributed by atoms with Crippen LogP contribution in [0.1, 0.15) is 32.4 Å². The fraction of sp³-hybridized carbons (Fsp3) is 0.600. The lowest BCUT2D eigenvalue weighted by Gasteiger charge is -2.32. The van der Waals surface area contributed by atoms with E-state index < -0.39 is 0 Å². The molecule has 1 aromatic carbocycles. The summed E-state index contributed by atoms with van der Waals surface area (Å²) in [5.41, 5.74) is 1.29. The average Bonchev–Trinajstić information content (AvgIpc) is 2.27. The van der Waals surface area contributed by atoms with E-state index in [1.54, 1.807) is 0 Å². The lowest BCUT2D eigenvalue weighted by molar-refractivity contribution is -0.155. The quantitative estimate of drug-likeness (QED) is 0.900. The Morgan fingerprint density at radius 1 is 1.32 bits per heavy atom. The topological polar surface area (TPSA) is 30.5 Å². The highest BCUT2D eigenvalue weighted by Crippen LogP contribution is 2.23. The van der Waals surface area contributed by atoms with Crippen LogP contribution < -0.4 is 5.32 Å². The molecule has 2 rings (SSSR count). The molecule has 3 nitrogen and oxygen atoms in total. The Bertz CT molecular complexity index is 396. The van der Waals surface area contributed by atoms with Crippen molar-refractivity contribution in [2.45, 2.75) is 38.5 Å². The van der Waals surface area contributed by atoms with Crippen LogP contribution in [0.4, 0.5) is 0 Å². The van der Waals surface area contributed by atoms with Crippen molar-refractivity contribution in [1.82, 2.24) is 5.32 Å². The predicted octanol–water partition coefficient (Wildman–Crippen LogP) is 3.29. The van der Waals surface area contributed by atoms with Gasteiger partial charge in [-0.1, -0.05) is 28.1 Å². The molecule has 0 amide bonds. The van der Waals surface area contributed by atoms with E-state index in [0.717, 1.165) is 11.0 Å². The van der Waals surface area contributed by atoms with E-state index in [-0.39, 0.29) is 17.7 Å². The van der Waals surface area contributed by atoms with Gasteiger partial charge in [-0.25, -0.2) is 0 Å². The van der Waals surface area contributed by atoms with E-state index in [9.17, 15) is 0 Å². The number of hydrogen-bond acceptors (Lipinski definition) is 3. The van der Waals surface area contributed by atoms with Crippen LogP contribution in [0.5, 0.6) is 0 Å². The molecule has 1 saturated heterocycles. The highest BCUT2D eigenvalue weighted by Gasteiger charge is 2.25. The summed E-state index contributed by atoms with van der Waals surface area (Å²) in [6.45, 7) is 8.72. The first kappa shape index (κ1) is 15.0. The van der Waals surface area contributed by atoms with E-state index in [4.69, 9.17) is 9.47 Å². The van der Waals surface area contributed by atoms with Crippen LogP contribution in [0.3, 0.4) is 0 Å². The third-order valence-electron chi connectivity index (χ3n) is 3.02. The van der Waals surface area contributed by atoms with Gasteiger partial charge in [0.2, 0.25) is 0 Å². The molecule has 19 heavy (non-hydrogen) atoms. The normalized spacial score (nSPS) is 18.1. The number of nitrogens with one attached hydrogen (secondary N) is 1. The third-order valence-corrected chi connectivity index (χ3v) is 3.55. The van der Waals surface area contributed by atoms with Gasteiger partial charge in [-0.3, -0.25) is 0 Å². The van der Waals surface area contributed by atoms with E-state index in [1.807, 2.05) is 0 Å². The van der Waals surface area contributed by atoms with Crippen molar-refractivity contribution in [3.8, 4) is 0 Å². The summed E-state index contributed by atoms with van der Waals surface area (Å²) < 4.78 is 12.4. The number of halogens is 1. The minimum atomic E-state index is 0.0706. The molecule has 1 unspecified atom stereocenters. The van der Waals surface area contributed by atoms with E-state index in [2.05, 4.69) is 66.3 Å². The van der Waals surface area contributed by atoms with Crippen molar-refractivity contribution in [2.24, 2.45) is 0 Å². The van der Waals surface area contributed by atoms with Crippen molar-refractivity contribution in [1.29, 1.82) is 0 Å². The molecule has 1 aromatic rings. The molecule has 4 heteroatoms. The van der Waals surface area contributed by atoms with E-state index in [0.29, 0.717) is 13.2 Å². The summed E-state index contributed by atoms with van der Waals surface area (Å²) in [4.78, 5) is 0. The molecule has 0 spiro atoms. The van der Waals surface area contributed by atoms with Gasteiger partial charge in [-0.15, -0.1) is 0 Å². The van der Waals surface area contributed by atoms with E-state index in [1.165, 1.54) is 5.56 Å². The number of hydrogen-bond donors (Lipinski definition) is 1. The van der Waals surface area contributed by atoms with Crippen LogP contribution in [0.15, 0.2) is 28.7 Å². The van der Waals surface area contributed by atoms with Gasteiger partial charge in [0.15, 0.2) is 0 Å². The van der Waals surface area contributed by atoms with Gasteiger partial charge in [0, 0.05) is 16.6 Å². The second kappa shape index (κ2) is 6.35. The van der Waals surface area contributed by atoms with Crippen molar-refractivity contribution in [3.63, 3.8) is 0 Å². The van der Waals surface area contributed by atoms with Crippen LogP contribution >= 0.6 is 15.9 Å². The Kier molecular flexibility index (Phi) is 5.01. The molecule has 0 saturated carbocycles. The van der Waals surface area contributed by atoms with Crippen molar-refractivity contribution in [3.05, 3.63) is 34.3 Å². The summed E-state index contributed by atoms with van der Waals surface area (Å²) in [5.74, 6) is 0. The number of rotatable bonds is 5. The Balaban J connectivity index is 2.01. The fourth-order valence-corrected chi connectivity index (χ4v) is 2.11. The molecule has 1 aliphatic heterocycles. The molecule has 1 aliphatic rings. The average molecular weight is 328 g/mol. The van der Waals surface area contributed by atoms with Gasteiger partial charge < -0.3 is 14.8 Å². The molecule has 1 heterocycles. The van der Waals surface area contributed by atoms with Gasteiger partial charge in [0.25, 0.3) is 0 Å². The molecule has 106 valence electrons. The summed E-state index contributed by atoms with van der Waals surface area (Å²) in [6, 6.07) is 8.33. The van der Waals surface area contributed by atoms with Crippen molar-refractivity contribution >= 4 is 15.9 Å². The Morgan fingerprint density at radius 2 is 1.95 bits per heavy atom. The molecule has 1 atom stereocenters. The number of ether oxygens (including phenoxy) is 2. The minimum Gasteiger partial charge on any atom is -0.376 e. The smallest absolute Gasteiger partial charge is 0.105 e. The molecule has 0 aromatic heterocycles. The Hall–Kier alpha value is -0.420. The second-order valence-corrected chi connectivity index (χ2v) is 6.88. The van der Waals surface area contributed by atoms with Crippen LogP contribution in [-0.2, 0) is 9.47 Å². The monoisotopic (exact) mass is 327 g/mol. The van der Waals surface area contributed by atoms with Crippen LogP contribution in [-0.4, -0.2) is 31.4 Å². The molecule has 0 radical (unpaired) electrons. The molecular weight excluding hydrogens is 306 g/mol. The fourth-order valence-electron chi connectivity index (χ4n) is 1.85. The first-order chi connectivity index (χ1) is 8.94. The van der Waals surface area contributed by atoms with Gasteiger partial charge >= 0.3 is 0 Å². The summed E-state index contributed by atoms with van der Waals surface area (Å²) in [5, 5.41) is 3.51. The Labute approximate surface area is 123 Å². The standard InChI is InChI=1S/C15H22BrNO2/c1-15(2,3)17-8-14(19-13-9-18-10-13)11-4-6-12(16)7-5-11/h4-7,13-14,17H,8-10H2,1-3H3. The maximum Gasteiger partial charge on any atom is 0.105 e.